The Hall–Kier alpha value is -0.610. The van der Waals surface area contributed by atoms with Gasteiger partial charge in [0, 0.05) is 12.1 Å². The first-order chi connectivity index (χ1) is 9.69. The first kappa shape index (κ1) is 15.8. The largest absolute Gasteiger partial charge is 0.365 e. The number of carbonyl (C=O) groups excluding carboxylic acids is 1. The van der Waals surface area contributed by atoms with Gasteiger partial charge in [-0.2, -0.15) is 0 Å². The maximum absolute atomic E-state index is 12.3. The summed E-state index contributed by atoms with van der Waals surface area (Å²) in [5.74, 6) is 0.0820. The van der Waals surface area contributed by atoms with Crippen molar-refractivity contribution in [2.75, 3.05) is 0 Å². The summed E-state index contributed by atoms with van der Waals surface area (Å²) in [6.45, 7) is 2.03. The van der Waals surface area contributed by atoms with Crippen LogP contribution in [0.3, 0.4) is 0 Å². The third-order valence-corrected chi connectivity index (χ3v) is 4.69. The van der Waals surface area contributed by atoms with Gasteiger partial charge in [0.25, 0.3) is 0 Å². The maximum atomic E-state index is 12.3. The molecule has 1 amide bonds. The van der Waals surface area contributed by atoms with E-state index in [4.69, 9.17) is 10.5 Å². The molecule has 0 spiro atoms. The number of hydrogen-bond acceptors (Lipinski definition) is 3. The van der Waals surface area contributed by atoms with Crippen LogP contribution in [0.2, 0.25) is 0 Å². The Morgan fingerprint density at radius 3 is 2.40 bits per heavy atom. The zero-order chi connectivity index (χ0) is 14.4. The highest BCUT2D eigenvalue weighted by atomic mass is 16.5. The van der Waals surface area contributed by atoms with Crippen LogP contribution in [0, 0.1) is 0 Å². The van der Waals surface area contributed by atoms with Gasteiger partial charge in [0.05, 0.1) is 6.10 Å². The van der Waals surface area contributed by atoms with Crippen molar-refractivity contribution in [2.24, 2.45) is 5.73 Å². The second kappa shape index (κ2) is 7.99. The Labute approximate surface area is 122 Å². The summed E-state index contributed by atoms with van der Waals surface area (Å²) >= 11 is 0. The fraction of sp³-hybridized carbons (Fsp3) is 0.938. The van der Waals surface area contributed by atoms with Crippen molar-refractivity contribution in [3.63, 3.8) is 0 Å². The number of ether oxygens (including phenoxy) is 1. The lowest BCUT2D eigenvalue weighted by Gasteiger charge is -2.30. The van der Waals surface area contributed by atoms with Gasteiger partial charge in [0.1, 0.15) is 6.10 Å². The molecule has 4 heteroatoms. The summed E-state index contributed by atoms with van der Waals surface area (Å²) in [5.41, 5.74) is 5.90. The van der Waals surface area contributed by atoms with Crippen molar-refractivity contribution in [2.45, 2.75) is 95.4 Å². The van der Waals surface area contributed by atoms with Gasteiger partial charge in [-0.15, -0.1) is 0 Å². The molecule has 0 aromatic heterocycles. The van der Waals surface area contributed by atoms with Gasteiger partial charge in [-0.3, -0.25) is 4.79 Å². The molecule has 1 atom stereocenters. The molecule has 1 unspecified atom stereocenters. The summed E-state index contributed by atoms with van der Waals surface area (Å²) in [6.07, 6.45) is 10.8. The maximum Gasteiger partial charge on any atom is 0.249 e. The van der Waals surface area contributed by atoms with E-state index >= 15 is 0 Å². The van der Waals surface area contributed by atoms with Gasteiger partial charge in [0.15, 0.2) is 0 Å². The molecule has 0 heterocycles. The Morgan fingerprint density at radius 2 is 1.80 bits per heavy atom. The van der Waals surface area contributed by atoms with Crippen molar-refractivity contribution >= 4 is 5.91 Å². The van der Waals surface area contributed by atoms with E-state index in [-0.39, 0.29) is 12.0 Å². The number of nitrogens with one attached hydrogen (secondary N) is 1. The van der Waals surface area contributed by atoms with Crippen LogP contribution in [-0.2, 0) is 9.53 Å². The van der Waals surface area contributed by atoms with Crippen LogP contribution >= 0.6 is 0 Å². The standard InChI is InChI=1S/C16H30N2O2/c1-2-15(20-14-6-4-3-5-7-14)16(19)18-13-10-8-12(17)9-11-13/h12-15H,2-11,17H2,1H3,(H,18,19). The van der Waals surface area contributed by atoms with E-state index in [0.29, 0.717) is 18.2 Å². The van der Waals surface area contributed by atoms with Crippen molar-refractivity contribution in [1.29, 1.82) is 0 Å². The number of amides is 1. The molecular formula is C16H30N2O2. The van der Waals surface area contributed by atoms with E-state index in [9.17, 15) is 4.79 Å². The fourth-order valence-electron chi connectivity index (χ4n) is 3.33. The predicted molar refractivity (Wildman–Crippen MR) is 80.4 cm³/mol. The summed E-state index contributed by atoms with van der Waals surface area (Å²) in [4.78, 5) is 12.3. The third kappa shape index (κ3) is 4.74. The fourth-order valence-corrected chi connectivity index (χ4v) is 3.33. The molecule has 2 saturated carbocycles. The van der Waals surface area contributed by atoms with Gasteiger partial charge in [-0.25, -0.2) is 0 Å². The minimum absolute atomic E-state index is 0.0820. The molecule has 2 aliphatic rings. The number of rotatable bonds is 5. The first-order valence-corrected chi connectivity index (χ1v) is 8.40. The summed E-state index contributed by atoms with van der Waals surface area (Å²) in [7, 11) is 0. The average Bonchev–Trinajstić information content (AvgIpc) is 2.48. The second-order valence-electron chi connectivity index (χ2n) is 6.41. The van der Waals surface area contributed by atoms with Gasteiger partial charge < -0.3 is 15.8 Å². The van der Waals surface area contributed by atoms with Crippen molar-refractivity contribution in [3.05, 3.63) is 0 Å². The number of nitrogens with two attached hydrogens (primary N) is 1. The Balaban J connectivity index is 1.76. The molecule has 2 rings (SSSR count). The van der Waals surface area contributed by atoms with Crippen LogP contribution in [0.25, 0.3) is 0 Å². The van der Waals surface area contributed by atoms with Crippen LogP contribution in [0.1, 0.15) is 71.1 Å². The molecule has 2 aliphatic carbocycles. The minimum atomic E-state index is -0.270. The summed E-state index contributed by atoms with van der Waals surface area (Å²) in [6, 6.07) is 0.620. The van der Waals surface area contributed by atoms with E-state index in [0.717, 1.165) is 44.9 Å². The molecule has 20 heavy (non-hydrogen) atoms. The van der Waals surface area contributed by atoms with Crippen LogP contribution in [-0.4, -0.2) is 30.2 Å². The SMILES string of the molecule is CCC(OC1CCCCC1)C(=O)NC1CCC(N)CC1. The molecule has 0 aliphatic heterocycles. The first-order valence-electron chi connectivity index (χ1n) is 8.40. The molecular weight excluding hydrogens is 252 g/mol. The van der Waals surface area contributed by atoms with Crippen LogP contribution in [0.4, 0.5) is 0 Å². The Kier molecular flexibility index (Phi) is 6.30. The Bertz CT molecular complexity index is 295. The highest BCUT2D eigenvalue weighted by molar-refractivity contribution is 5.81. The monoisotopic (exact) mass is 282 g/mol. The van der Waals surface area contributed by atoms with Crippen molar-refractivity contribution in [1.82, 2.24) is 5.32 Å². The second-order valence-corrected chi connectivity index (χ2v) is 6.41. The molecule has 2 fully saturated rings. The highest BCUT2D eigenvalue weighted by Gasteiger charge is 2.26. The predicted octanol–water partition coefficient (Wildman–Crippen LogP) is 2.50. The lowest BCUT2D eigenvalue weighted by atomic mass is 9.91. The zero-order valence-corrected chi connectivity index (χ0v) is 12.8. The third-order valence-electron chi connectivity index (χ3n) is 4.69. The Morgan fingerprint density at radius 1 is 1.15 bits per heavy atom. The normalized spacial score (nSPS) is 29.9. The molecule has 0 radical (unpaired) electrons. The van der Waals surface area contributed by atoms with Gasteiger partial charge >= 0.3 is 0 Å². The summed E-state index contributed by atoms with van der Waals surface area (Å²) in [5, 5.41) is 3.16. The van der Waals surface area contributed by atoms with Crippen molar-refractivity contribution in [3.8, 4) is 0 Å². The zero-order valence-electron chi connectivity index (χ0n) is 12.8. The van der Waals surface area contributed by atoms with Crippen LogP contribution < -0.4 is 11.1 Å². The van der Waals surface area contributed by atoms with Gasteiger partial charge in [0.2, 0.25) is 5.91 Å². The van der Waals surface area contributed by atoms with Crippen LogP contribution in [0.15, 0.2) is 0 Å². The average molecular weight is 282 g/mol. The molecule has 4 nitrogen and oxygen atoms in total. The van der Waals surface area contributed by atoms with E-state index in [1.165, 1.54) is 19.3 Å². The minimum Gasteiger partial charge on any atom is -0.365 e. The quantitative estimate of drug-likeness (QED) is 0.814. The smallest absolute Gasteiger partial charge is 0.249 e. The molecule has 116 valence electrons. The summed E-state index contributed by atoms with van der Waals surface area (Å²) < 4.78 is 6.03. The van der Waals surface area contributed by atoms with E-state index in [1.807, 2.05) is 6.92 Å². The lowest BCUT2D eigenvalue weighted by molar-refractivity contribution is -0.139. The van der Waals surface area contributed by atoms with Gasteiger partial charge in [-0.05, 0) is 44.9 Å². The lowest BCUT2D eigenvalue weighted by Crippen LogP contribution is -2.46. The van der Waals surface area contributed by atoms with Crippen molar-refractivity contribution < 1.29 is 9.53 Å². The molecule has 3 N–H and O–H groups in total. The molecule has 0 bridgehead atoms. The van der Waals surface area contributed by atoms with E-state index < -0.39 is 0 Å². The topological polar surface area (TPSA) is 64.3 Å². The molecule has 0 aromatic rings. The highest BCUT2D eigenvalue weighted by Crippen LogP contribution is 2.23. The van der Waals surface area contributed by atoms with E-state index in [2.05, 4.69) is 5.32 Å². The van der Waals surface area contributed by atoms with Gasteiger partial charge in [-0.1, -0.05) is 26.2 Å². The number of hydrogen-bond donors (Lipinski definition) is 2. The molecule has 0 saturated heterocycles. The van der Waals surface area contributed by atoms with Crippen LogP contribution in [0.5, 0.6) is 0 Å². The van der Waals surface area contributed by atoms with E-state index in [1.54, 1.807) is 0 Å². The molecule has 0 aromatic carbocycles. The number of carbonyl (C=O) groups is 1.